The number of hydrogen-bond donors (Lipinski definition) is 1. The maximum atomic E-state index is 12.2. The van der Waals surface area contributed by atoms with Gasteiger partial charge in [0.15, 0.2) is 11.5 Å². The first-order chi connectivity index (χ1) is 13.2. The highest BCUT2D eigenvalue weighted by atomic mass is 35.5. The number of hydrogen-bond acceptors (Lipinski definition) is 5. The predicted octanol–water partition coefficient (Wildman–Crippen LogP) is 3.89. The molecular formula is C20H15ClN2O4. The van der Waals surface area contributed by atoms with Crippen molar-refractivity contribution in [3.05, 3.63) is 71.4 Å². The Bertz CT molecular complexity index is 982. The second kappa shape index (κ2) is 7.55. The van der Waals surface area contributed by atoms with Gasteiger partial charge >= 0.3 is 0 Å². The molecule has 0 radical (unpaired) electrons. The Morgan fingerprint density at radius 1 is 1.07 bits per heavy atom. The third-order valence-electron chi connectivity index (χ3n) is 3.92. The lowest BCUT2D eigenvalue weighted by atomic mass is 10.2. The number of fused-ring (bicyclic) bond motifs is 1. The van der Waals surface area contributed by atoms with Gasteiger partial charge < -0.3 is 13.9 Å². The van der Waals surface area contributed by atoms with Crippen molar-refractivity contribution in [1.29, 1.82) is 0 Å². The van der Waals surface area contributed by atoms with Crippen LogP contribution in [-0.2, 0) is 4.79 Å². The zero-order valence-corrected chi connectivity index (χ0v) is 14.8. The lowest BCUT2D eigenvalue weighted by Gasteiger charge is -2.24. The SMILES string of the molecule is O=C(N/N=C\c1ccc(-c2ccc(Cl)cc2)o1)[C@@H]1COc2ccccc2O1. The van der Waals surface area contributed by atoms with Crippen molar-refractivity contribution in [2.45, 2.75) is 6.10 Å². The normalized spacial score (nSPS) is 15.7. The molecule has 0 saturated carbocycles. The third kappa shape index (κ3) is 3.96. The van der Waals surface area contributed by atoms with Gasteiger partial charge in [-0.15, -0.1) is 0 Å². The Morgan fingerprint density at radius 3 is 2.67 bits per heavy atom. The molecule has 1 amide bonds. The summed E-state index contributed by atoms with van der Waals surface area (Å²) in [6, 6.07) is 18.1. The highest BCUT2D eigenvalue weighted by molar-refractivity contribution is 6.30. The van der Waals surface area contributed by atoms with Crippen molar-refractivity contribution >= 4 is 23.7 Å². The van der Waals surface area contributed by atoms with E-state index in [1.807, 2.05) is 30.3 Å². The second-order valence-electron chi connectivity index (χ2n) is 5.81. The molecule has 1 aliphatic rings. The number of hydrazone groups is 1. The number of benzene rings is 2. The molecule has 0 spiro atoms. The highest BCUT2D eigenvalue weighted by Gasteiger charge is 2.26. The van der Waals surface area contributed by atoms with E-state index in [0.717, 1.165) is 5.56 Å². The molecule has 1 atom stereocenters. The van der Waals surface area contributed by atoms with Crippen LogP contribution in [0.1, 0.15) is 5.76 Å². The zero-order chi connectivity index (χ0) is 18.6. The fourth-order valence-corrected chi connectivity index (χ4v) is 2.70. The van der Waals surface area contributed by atoms with Crippen LogP contribution in [0.5, 0.6) is 11.5 Å². The van der Waals surface area contributed by atoms with Gasteiger partial charge in [-0.05, 0) is 48.5 Å². The number of amides is 1. The Labute approximate surface area is 160 Å². The summed E-state index contributed by atoms with van der Waals surface area (Å²) in [5.41, 5.74) is 3.33. The van der Waals surface area contributed by atoms with Gasteiger partial charge in [-0.2, -0.15) is 5.10 Å². The molecule has 136 valence electrons. The number of rotatable bonds is 4. The van der Waals surface area contributed by atoms with Crippen LogP contribution in [0.2, 0.25) is 5.02 Å². The number of nitrogens with zero attached hydrogens (tertiary/aromatic N) is 1. The van der Waals surface area contributed by atoms with E-state index in [9.17, 15) is 4.79 Å². The summed E-state index contributed by atoms with van der Waals surface area (Å²) >= 11 is 5.88. The summed E-state index contributed by atoms with van der Waals surface area (Å²) in [6.07, 6.45) is 0.660. The number of furan rings is 1. The first-order valence-electron chi connectivity index (χ1n) is 8.26. The molecule has 7 heteroatoms. The van der Waals surface area contributed by atoms with E-state index in [4.69, 9.17) is 25.5 Å². The van der Waals surface area contributed by atoms with Crippen LogP contribution in [-0.4, -0.2) is 24.8 Å². The van der Waals surface area contributed by atoms with Gasteiger partial charge in [-0.1, -0.05) is 23.7 Å². The number of ether oxygens (including phenoxy) is 2. The topological polar surface area (TPSA) is 73.1 Å². The van der Waals surface area contributed by atoms with Crippen LogP contribution in [0.25, 0.3) is 11.3 Å². The van der Waals surface area contributed by atoms with E-state index in [1.54, 1.807) is 30.3 Å². The quantitative estimate of drug-likeness (QED) is 0.548. The maximum Gasteiger partial charge on any atom is 0.284 e. The summed E-state index contributed by atoms with van der Waals surface area (Å²) in [4.78, 5) is 12.2. The first-order valence-corrected chi connectivity index (χ1v) is 8.64. The average molecular weight is 383 g/mol. The van der Waals surface area contributed by atoms with Crippen LogP contribution < -0.4 is 14.9 Å². The van der Waals surface area contributed by atoms with Gasteiger partial charge in [0.05, 0.1) is 6.21 Å². The maximum absolute atomic E-state index is 12.2. The number of carbonyl (C=O) groups excluding carboxylic acids is 1. The number of halogens is 1. The summed E-state index contributed by atoms with van der Waals surface area (Å²) in [5, 5.41) is 4.58. The molecule has 4 rings (SSSR count). The molecule has 0 fully saturated rings. The first kappa shape index (κ1) is 17.2. The van der Waals surface area contributed by atoms with Crippen molar-refractivity contribution in [1.82, 2.24) is 5.43 Å². The summed E-state index contributed by atoms with van der Waals surface area (Å²) < 4.78 is 16.8. The van der Waals surface area contributed by atoms with E-state index in [-0.39, 0.29) is 6.61 Å². The van der Waals surface area contributed by atoms with Crippen LogP contribution in [0.4, 0.5) is 0 Å². The van der Waals surface area contributed by atoms with Crippen LogP contribution >= 0.6 is 11.6 Å². The zero-order valence-electron chi connectivity index (χ0n) is 14.1. The van der Waals surface area contributed by atoms with E-state index in [2.05, 4.69) is 10.5 Å². The van der Waals surface area contributed by atoms with Crippen molar-refractivity contribution < 1.29 is 18.7 Å². The van der Waals surface area contributed by atoms with E-state index in [0.29, 0.717) is 28.0 Å². The summed E-state index contributed by atoms with van der Waals surface area (Å²) in [5.74, 6) is 1.94. The van der Waals surface area contributed by atoms with Crippen LogP contribution in [0.3, 0.4) is 0 Å². The molecule has 1 N–H and O–H groups in total. The predicted molar refractivity (Wildman–Crippen MR) is 101 cm³/mol. The van der Waals surface area contributed by atoms with Gasteiger partial charge in [-0.3, -0.25) is 4.79 Å². The Kier molecular flexibility index (Phi) is 4.80. The molecule has 0 bridgehead atoms. The van der Waals surface area contributed by atoms with Crippen molar-refractivity contribution in [2.24, 2.45) is 5.10 Å². The number of para-hydroxylation sites is 2. The van der Waals surface area contributed by atoms with Crippen LogP contribution in [0, 0.1) is 0 Å². The van der Waals surface area contributed by atoms with E-state index < -0.39 is 12.0 Å². The van der Waals surface area contributed by atoms with Crippen molar-refractivity contribution in [2.75, 3.05) is 6.61 Å². The highest BCUT2D eigenvalue weighted by Crippen LogP contribution is 2.30. The Hall–Kier alpha value is -3.25. The van der Waals surface area contributed by atoms with Crippen LogP contribution in [0.15, 0.2) is 70.2 Å². The van der Waals surface area contributed by atoms with E-state index >= 15 is 0 Å². The lowest BCUT2D eigenvalue weighted by Crippen LogP contribution is -2.42. The molecule has 0 saturated heterocycles. The molecule has 27 heavy (non-hydrogen) atoms. The summed E-state index contributed by atoms with van der Waals surface area (Å²) in [6.45, 7) is 0.125. The van der Waals surface area contributed by atoms with Gasteiger partial charge in [0.2, 0.25) is 6.10 Å². The second-order valence-corrected chi connectivity index (χ2v) is 6.24. The van der Waals surface area contributed by atoms with Crippen molar-refractivity contribution in [3.8, 4) is 22.8 Å². The smallest absolute Gasteiger partial charge is 0.284 e. The largest absolute Gasteiger partial charge is 0.485 e. The molecule has 0 aliphatic carbocycles. The number of carbonyl (C=O) groups is 1. The van der Waals surface area contributed by atoms with Crippen molar-refractivity contribution in [3.63, 3.8) is 0 Å². The summed E-state index contributed by atoms with van der Waals surface area (Å²) in [7, 11) is 0. The minimum atomic E-state index is -0.765. The third-order valence-corrected chi connectivity index (χ3v) is 4.18. The molecule has 3 aromatic rings. The minimum absolute atomic E-state index is 0.125. The molecule has 6 nitrogen and oxygen atoms in total. The average Bonchev–Trinajstić information content (AvgIpc) is 3.17. The Morgan fingerprint density at radius 2 is 1.85 bits per heavy atom. The van der Waals surface area contributed by atoms with E-state index in [1.165, 1.54) is 6.21 Å². The monoisotopic (exact) mass is 382 g/mol. The molecule has 2 heterocycles. The fraction of sp³-hybridized carbons (Fsp3) is 0.100. The van der Waals surface area contributed by atoms with Gasteiger partial charge in [0, 0.05) is 10.6 Å². The lowest BCUT2D eigenvalue weighted by molar-refractivity contribution is -0.130. The Balaban J connectivity index is 1.36. The van der Waals surface area contributed by atoms with Gasteiger partial charge in [0.1, 0.15) is 18.1 Å². The molecule has 2 aromatic carbocycles. The van der Waals surface area contributed by atoms with Gasteiger partial charge in [0.25, 0.3) is 5.91 Å². The number of nitrogens with one attached hydrogen (secondary N) is 1. The fourth-order valence-electron chi connectivity index (χ4n) is 2.57. The van der Waals surface area contributed by atoms with Gasteiger partial charge in [-0.25, -0.2) is 5.43 Å². The molecule has 1 aromatic heterocycles. The standard InChI is InChI=1S/C20H15ClN2O4/c21-14-7-5-13(6-8-14)16-10-9-15(26-16)11-22-23-20(24)19-12-25-17-3-1-2-4-18(17)27-19/h1-11,19H,12H2,(H,23,24)/b22-11-/t19-/m0/s1. The molecule has 0 unspecified atom stereocenters. The minimum Gasteiger partial charge on any atom is -0.485 e. The molecular weight excluding hydrogens is 368 g/mol. The molecule has 1 aliphatic heterocycles.